The van der Waals surface area contributed by atoms with Crippen LogP contribution in [0.2, 0.25) is 0 Å². The van der Waals surface area contributed by atoms with Crippen LogP contribution in [-0.4, -0.2) is 28.1 Å². The van der Waals surface area contributed by atoms with Crippen LogP contribution in [0, 0.1) is 0 Å². The first kappa shape index (κ1) is 18.0. The van der Waals surface area contributed by atoms with Gasteiger partial charge in [0.2, 0.25) is 0 Å². The van der Waals surface area contributed by atoms with Gasteiger partial charge in [-0.05, 0) is 50.5 Å². The van der Waals surface area contributed by atoms with Crippen LogP contribution in [-0.2, 0) is 15.9 Å². The van der Waals surface area contributed by atoms with Gasteiger partial charge < -0.3 is 9.31 Å². The highest BCUT2D eigenvalue weighted by Gasteiger charge is 2.52. The summed E-state index contributed by atoms with van der Waals surface area (Å²) < 4.78 is 14.2. The summed E-state index contributed by atoms with van der Waals surface area (Å²) in [6.07, 6.45) is 3.85. The van der Waals surface area contributed by atoms with Gasteiger partial charge in [-0.25, -0.2) is 0 Å². The standard InChI is InChI=1S/C22H25BN2O2/c1-21(2)22(3,4)27-23(26-21)20-14-24-25(16-20)15-17-9-8-12-19(13-17)18-10-6-5-7-11-18/h5-14,16H,15H2,1-4H3. The van der Waals surface area contributed by atoms with Crippen molar-refractivity contribution in [3.63, 3.8) is 0 Å². The Morgan fingerprint density at radius 1 is 0.889 bits per heavy atom. The number of benzene rings is 2. The lowest BCUT2D eigenvalue weighted by Gasteiger charge is -2.32. The van der Waals surface area contributed by atoms with Crippen LogP contribution in [0.1, 0.15) is 33.3 Å². The summed E-state index contributed by atoms with van der Waals surface area (Å²) in [5, 5.41) is 4.51. The molecule has 27 heavy (non-hydrogen) atoms. The molecular weight excluding hydrogens is 335 g/mol. The highest BCUT2D eigenvalue weighted by molar-refractivity contribution is 6.62. The SMILES string of the molecule is CC1(C)OB(c2cnn(Cc3cccc(-c4ccccc4)c3)c2)OC1(C)C. The van der Waals surface area contributed by atoms with Gasteiger partial charge in [0.25, 0.3) is 0 Å². The van der Waals surface area contributed by atoms with Crippen molar-refractivity contribution in [2.24, 2.45) is 0 Å². The Balaban J connectivity index is 1.51. The van der Waals surface area contributed by atoms with Crippen molar-refractivity contribution in [3.05, 3.63) is 72.6 Å². The zero-order chi connectivity index (χ0) is 19.1. The van der Waals surface area contributed by atoms with Crippen molar-refractivity contribution >= 4 is 12.6 Å². The van der Waals surface area contributed by atoms with E-state index >= 15 is 0 Å². The summed E-state index contributed by atoms with van der Waals surface area (Å²) in [7, 11) is -0.376. The van der Waals surface area contributed by atoms with E-state index in [0.29, 0.717) is 6.54 Å². The number of nitrogens with zero attached hydrogens (tertiary/aromatic N) is 2. The minimum absolute atomic E-state index is 0.343. The summed E-state index contributed by atoms with van der Waals surface area (Å²) in [5.74, 6) is 0. The van der Waals surface area contributed by atoms with Crippen LogP contribution in [0.15, 0.2) is 67.0 Å². The van der Waals surface area contributed by atoms with E-state index in [9.17, 15) is 0 Å². The third-order valence-electron chi connectivity index (χ3n) is 5.56. The van der Waals surface area contributed by atoms with Crippen LogP contribution in [0.4, 0.5) is 0 Å². The summed E-state index contributed by atoms with van der Waals surface area (Å²) >= 11 is 0. The minimum Gasteiger partial charge on any atom is -0.399 e. The van der Waals surface area contributed by atoms with E-state index in [1.165, 1.54) is 16.7 Å². The summed E-state index contributed by atoms with van der Waals surface area (Å²) in [4.78, 5) is 0. The molecule has 4 nitrogen and oxygen atoms in total. The van der Waals surface area contributed by atoms with E-state index in [1.54, 1.807) is 0 Å². The molecule has 0 bridgehead atoms. The van der Waals surface area contributed by atoms with E-state index in [1.807, 2.05) is 23.1 Å². The topological polar surface area (TPSA) is 36.3 Å². The number of aromatic nitrogens is 2. The molecule has 4 rings (SSSR count). The molecule has 0 spiro atoms. The zero-order valence-electron chi connectivity index (χ0n) is 16.3. The summed E-state index contributed by atoms with van der Waals surface area (Å²) in [6, 6.07) is 19.0. The molecule has 0 N–H and O–H groups in total. The Hall–Kier alpha value is -2.37. The Bertz CT molecular complexity index is 918. The Kier molecular flexibility index (Phi) is 4.45. The first-order valence-electron chi connectivity index (χ1n) is 9.36. The number of rotatable bonds is 4. The van der Waals surface area contributed by atoms with Gasteiger partial charge in [-0.3, -0.25) is 4.68 Å². The lowest BCUT2D eigenvalue weighted by molar-refractivity contribution is 0.00578. The molecule has 0 radical (unpaired) electrons. The molecule has 2 heterocycles. The highest BCUT2D eigenvalue weighted by Crippen LogP contribution is 2.36. The molecule has 1 saturated heterocycles. The van der Waals surface area contributed by atoms with E-state index in [-0.39, 0.29) is 18.3 Å². The maximum Gasteiger partial charge on any atom is 0.498 e. The van der Waals surface area contributed by atoms with E-state index in [0.717, 1.165) is 5.46 Å². The fraction of sp³-hybridized carbons (Fsp3) is 0.318. The van der Waals surface area contributed by atoms with E-state index < -0.39 is 0 Å². The fourth-order valence-corrected chi connectivity index (χ4v) is 3.23. The first-order valence-corrected chi connectivity index (χ1v) is 9.36. The van der Waals surface area contributed by atoms with Gasteiger partial charge >= 0.3 is 7.12 Å². The molecule has 0 amide bonds. The monoisotopic (exact) mass is 360 g/mol. The normalized spacial score (nSPS) is 18.0. The van der Waals surface area contributed by atoms with Crippen LogP contribution >= 0.6 is 0 Å². The van der Waals surface area contributed by atoms with Gasteiger partial charge in [0.1, 0.15) is 0 Å². The third kappa shape index (κ3) is 3.57. The molecule has 1 aliphatic heterocycles. The van der Waals surface area contributed by atoms with Crippen molar-refractivity contribution in [3.8, 4) is 11.1 Å². The van der Waals surface area contributed by atoms with Gasteiger partial charge in [-0.2, -0.15) is 5.10 Å². The third-order valence-corrected chi connectivity index (χ3v) is 5.56. The quantitative estimate of drug-likeness (QED) is 0.662. The van der Waals surface area contributed by atoms with Crippen molar-refractivity contribution in [2.75, 3.05) is 0 Å². The molecule has 0 atom stereocenters. The van der Waals surface area contributed by atoms with Gasteiger partial charge in [0.05, 0.1) is 17.7 Å². The Morgan fingerprint density at radius 2 is 1.56 bits per heavy atom. The van der Waals surface area contributed by atoms with Crippen molar-refractivity contribution in [1.82, 2.24) is 9.78 Å². The highest BCUT2D eigenvalue weighted by atomic mass is 16.7. The van der Waals surface area contributed by atoms with Crippen LogP contribution in [0.5, 0.6) is 0 Å². The Labute approximate surface area is 161 Å². The lowest BCUT2D eigenvalue weighted by atomic mass is 9.82. The largest absolute Gasteiger partial charge is 0.498 e. The van der Waals surface area contributed by atoms with Crippen LogP contribution in [0.25, 0.3) is 11.1 Å². The van der Waals surface area contributed by atoms with Crippen molar-refractivity contribution in [1.29, 1.82) is 0 Å². The molecular formula is C22H25BN2O2. The van der Waals surface area contributed by atoms with Gasteiger partial charge in [0.15, 0.2) is 0 Å². The van der Waals surface area contributed by atoms with Crippen LogP contribution < -0.4 is 5.46 Å². The van der Waals surface area contributed by atoms with Gasteiger partial charge in [0, 0.05) is 17.9 Å². The number of hydrogen-bond donors (Lipinski definition) is 0. The minimum atomic E-state index is -0.376. The molecule has 0 aliphatic carbocycles. The van der Waals surface area contributed by atoms with Crippen molar-refractivity contribution in [2.45, 2.75) is 45.4 Å². The molecule has 1 fully saturated rings. The summed E-state index contributed by atoms with van der Waals surface area (Å²) in [6.45, 7) is 8.96. The summed E-state index contributed by atoms with van der Waals surface area (Å²) in [5.41, 5.74) is 3.91. The Morgan fingerprint density at radius 3 is 2.26 bits per heavy atom. The number of hydrogen-bond acceptors (Lipinski definition) is 3. The average Bonchev–Trinajstić information content (AvgIpc) is 3.18. The average molecular weight is 360 g/mol. The predicted octanol–water partition coefficient (Wildman–Crippen LogP) is 3.90. The molecule has 3 aromatic rings. The first-order chi connectivity index (χ1) is 12.8. The lowest BCUT2D eigenvalue weighted by Crippen LogP contribution is -2.41. The smallest absolute Gasteiger partial charge is 0.399 e. The molecule has 0 unspecified atom stereocenters. The fourth-order valence-electron chi connectivity index (χ4n) is 3.23. The predicted molar refractivity (Wildman–Crippen MR) is 109 cm³/mol. The van der Waals surface area contributed by atoms with Crippen LogP contribution in [0.3, 0.4) is 0 Å². The molecule has 2 aromatic carbocycles. The van der Waals surface area contributed by atoms with Crippen molar-refractivity contribution < 1.29 is 9.31 Å². The molecule has 138 valence electrons. The molecule has 5 heteroatoms. The second-order valence-corrected chi connectivity index (χ2v) is 8.13. The maximum absolute atomic E-state index is 6.12. The van der Waals surface area contributed by atoms with Gasteiger partial charge in [-0.1, -0.05) is 48.5 Å². The maximum atomic E-state index is 6.12. The van der Waals surface area contributed by atoms with E-state index in [4.69, 9.17) is 9.31 Å². The zero-order valence-corrected chi connectivity index (χ0v) is 16.3. The molecule has 1 aromatic heterocycles. The molecule has 1 aliphatic rings. The second-order valence-electron chi connectivity index (χ2n) is 8.13. The van der Waals surface area contributed by atoms with E-state index in [2.05, 4.69) is 81.3 Å². The van der Waals surface area contributed by atoms with Gasteiger partial charge in [-0.15, -0.1) is 0 Å². The molecule has 0 saturated carbocycles. The second kappa shape index (κ2) is 6.66.